The lowest BCUT2D eigenvalue weighted by Crippen LogP contribution is -2.22. The van der Waals surface area contributed by atoms with Crippen molar-refractivity contribution in [3.8, 4) is 0 Å². The van der Waals surface area contributed by atoms with E-state index in [2.05, 4.69) is 5.32 Å². The number of carbonyl (C=O) groups is 2. The molecule has 5 heteroatoms. The molecule has 0 unspecified atom stereocenters. The Kier molecular flexibility index (Phi) is 3.75. The molecule has 0 radical (unpaired) electrons. The maximum absolute atomic E-state index is 12.1. The maximum atomic E-state index is 12.1. The average molecular weight is 301 g/mol. The topological polar surface area (TPSA) is 66.4 Å². The number of aryl methyl sites for hydroxylation is 2. The van der Waals surface area contributed by atoms with Crippen molar-refractivity contribution < 1.29 is 14.7 Å². The van der Waals surface area contributed by atoms with Gasteiger partial charge in [-0.2, -0.15) is 0 Å². The Morgan fingerprint density at radius 1 is 1.14 bits per heavy atom. The summed E-state index contributed by atoms with van der Waals surface area (Å²) in [6.07, 6.45) is 3.31. The quantitative estimate of drug-likeness (QED) is 0.912. The van der Waals surface area contributed by atoms with Gasteiger partial charge in [-0.25, -0.2) is 4.79 Å². The monoisotopic (exact) mass is 301 g/mol. The van der Waals surface area contributed by atoms with Crippen LogP contribution in [-0.2, 0) is 19.4 Å². The summed E-state index contributed by atoms with van der Waals surface area (Å²) in [6.45, 7) is 0.355. The second kappa shape index (κ2) is 5.69. The van der Waals surface area contributed by atoms with E-state index in [0.717, 1.165) is 24.1 Å². The van der Waals surface area contributed by atoms with Crippen LogP contribution in [0.1, 0.15) is 42.5 Å². The van der Waals surface area contributed by atoms with Crippen LogP contribution in [-0.4, -0.2) is 17.0 Å². The molecule has 1 aliphatic carbocycles. The zero-order chi connectivity index (χ0) is 14.8. The second-order valence-corrected chi connectivity index (χ2v) is 6.26. The number of carbonyl (C=O) groups excluding carboxylic acids is 1. The molecule has 4 nitrogen and oxygen atoms in total. The van der Waals surface area contributed by atoms with Gasteiger partial charge < -0.3 is 10.4 Å². The van der Waals surface area contributed by atoms with Gasteiger partial charge in [-0.1, -0.05) is 6.07 Å². The fourth-order valence-corrected chi connectivity index (χ4v) is 3.36. The van der Waals surface area contributed by atoms with Crippen LogP contribution < -0.4 is 5.32 Å². The first kappa shape index (κ1) is 13.8. The van der Waals surface area contributed by atoms with Crippen LogP contribution in [0.2, 0.25) is 0 Å². The van der Waals surface area contributed by atoms with E-state index >= 15 is 0 Å². The molecule has 0 fully saturated rings. The number of thiophene rings is 1. The predicted molar refractivity (Wildman–Crippen MR) is 80.9 cm³/mol. The van der Waals surface area contributed by atoms with Crippen molar-refractivity contribution in [2.45, 2.75) is 25.8 Å². The van der Waals surface area contributed by atoms with Gasteiger partial charge in [0.2, 0.25) is 0 Å². The van der Waals surface area contributed by atoms with Crippen LogP contribution in [0.3, 0.4) is 0 Å². The second-order valence-electron chi connectivity index (χ2n) is 5.09. The van der Waals surface area contributed by atoms with E-state index in [1.165, 1.54) is 22.5 Å². The number of hydrogen-bond acceptors (Lipinski definition) is 3. The van der Waals surface area contributed by atoms with Crippen LogP contribution in [0.5, 0.6) is 0 Å². The van der Waals surface area contributed by atoms with E-state index in [4.69, 9.17) is 5.11 Å². The van der Waals surface area contributed by atoms with Crippen LogP contribution in [0, 0.1) is 0 Å². The highest BCUT2D eigenvalue weighted by molar-refractivity contribution is 7.13. The van der Waals surface area contributed by atoms with Gasteiger partial charge >= 0.3 is 5.97 Å². The molecule has 1 aromatic carbocycles. The molecule has 1 aliphatic rings. The summed E-state index contributed by atoms with van der Waals surface area (Å²) < 4.78 is 0. The molecule has 2 aromatic rings. The summed E-state index contributed by atoms with van der Waals surface area (Å²) in [7, 11) is 0. The molecule has 0 atom stereocenters. The number of aromatic carboxylic acids is 1. The molecule has 108 valence electrons. The smallest absolute Gasteiger partial charge is 0.345 e. The lowest BCUT2D eigenvalue weighted by atomic mass is 10.1. The van der Waals surface area contributed by atoms with Crippen LogP contribution in [0.4, 0.5) is 0 Å². The number of hydrogen-bond donors (Lipinski definition) is 2. The van der Waals surface area contributed by atoms with Crippen LogP contribution in [0.15, 0.2) is 30.3 Å². The molecular formula is C16H15NO3S. The Labute approximate surface area is 126 Å². The lowest BCUT2D eigenvalue weighted by Gasteiger charge is -2.06. The summed E-state index contributed by atoms with van der Waals surface area (Å²) in [5.74, 6) is -1.05. The van der Waals surface area contributed by atoms with Gasteiger partial charge in [-0.3, -0.25) is 4.79 Å². The van der Waals surface area contributed by atoms with Gasteiger partial charge in [0.25, 0.3) is 5.91 Å². The van der Waals surface area contributed by atoms with E-state index in [-0.39, 0.29) is 10.8 Å². The first-order valence-corrected chi connectivity index (χ1v) is 7.67. The normalized spacial score (nSPS) is 13.0. The largest absolute Gasteiger partial charge is 0.477 e. The zero-order valence-corrected chi connectivity index (χ0v) is 12.2. The average Bonchev–Trinajstić information content (AvgIpc) is 3.12. The van der Waals surface area contributed by atoms with E-state index in [1.807, 2.05) is 18.2 Å². The number of nitrogens with one attached hydrogen (secondary N) is 1. The van der Waals surface area contributed by atoms with Crippen LogP contribution in [0.25, 0.3) is 0 Å². The Morgan fingerprint density at radius 3 is 2.71 bits per heavy atom. The van der Waals surface area contributed by atoms with Gasteiger partial charge in [-0.15, -0.1) is 11.3 Å². The molecule has 3 rings (SSSR count). The molecule has 21 heavy (non-hydrogen) atoms. The van der Waals surface area contributed by atoms with E-state index < -0.39 is 5.97 Å². The third-order valence-corrected chi connectivity index (χ3v) is 4.73. The van der Waals surface area contributed by atoms with E-state index in [1.54, 1.807) is 12.1 Å². The van der Waals surface area contributed by atoms with Gasteiger partial charge in [0, 0.05) is 10.4 Å². The third-order valence-electron chi connectivity index (χ3n) is 3.66. The van der Waals surface area contributed by atoms with Gasteiger partial charge in [0.1, 0.15) is 4.88 Å². The Balaban J connectivity index is 1.64. The number of carboxylic acids is 1. The van der Waals surface area contributed by atoms with E-state index in [9.17, 15) is 9.59 Å². The summed E-state index contributed by atoms with van der Waals surface area (Å²) in [5, 5.41) is 11.7. The molecule has 0 bridgehead atoms. The number of carboxylic acid groups (broad SMARTS) is 1. The van der Waals surface area contributed by atoms with Crippen molar-refractivity contribution in [2.75, 3.05) is 0 Å². The highest BCUT2D eigenvalue weighted by Crippen LogP contribution is 2.23. The van der Waals surface area contributed by atoms with Crippen molar-refractivity contribution in [1.82, 2.24) is 5.32 Å². The standard InChI is InChI=1S/C16H15NO3S/c18-15(12-5-4-10-2-1-3-11(10)8-12)17-9-13-6-7-14(21-13)16(19)20/h4-8H,1-3,9H2,(H,17,18)(H,19,20). The van der Waals surface area contributed by atoms with E-state index in [0.29, 0.717) is 12.1 Å². The molecular weight excluding hydrogens is 286 g/mol. The molecule has 0 saturated carbocycles. The minimum atomic E-state index is -0.934. The van der Waals surface area contributed by atoms with Crippen molar-refractivity contribution in [3.05, 3.63) is 56.8 Å². The Hall–Kier alpha value is -2.14. The molecule has 0 spiro atoms. The van der Waals surface area contributed by atoms with Crippen molar-refractivity contribution >= 4 is 23.2 Å². The van der Waals surface area contributed by atoms with Crippen LogP contribution >= 0.6 is 11.3 Å². The van der Waals surface area contributed by atoms with Gasteiger partial charge in [-0.05, 0) is 54.7 Å². The highest BCUT2D eigenvalue weighted by atomic mass is 32.1. The van der Waals surface area contributed by atoms with Gasteiger partial charge in [0.15, 0.2) is 0 Å². The first-order valence-electron chi connectivity index (χ1n) is 6.85. The molecule has 1 amide bonds. The Morgan fingerprint density at radius 2 is 1.95 bits per heavy atom. The van der Waals surface area contributed by atoms with Crippen molar-refractivity contribution in [1.29, 1.82) is 0 Å². The summed E-state index contributed by atoms with van der Waals surface area (Å²) in [6, 6.07) is 9.15. The number of rotatable bonds is 4. The number of benzene rings is 1. The minimum Gasteiger partial charge on any atom is -0.477 e. The lowest BCUT2D eigenvalue weighted by molar-refractivity contribution is 0.0702. The molecule has 2 N–H and O–H groups in total. The molecule has 1 heterocycles. The summed E-state index contributed by atoms with van der Waals surface area (Å²) in [5.41, 5.74) is 3.29. The van der Waals surface area contributed by atoms with Gasteiger partial charge in [0.05, 0.1) is 6.54 Å². The van der Waals surface area contributed by atoms with Crippen molar-refractivity contribution in [3.63, 3.8) is 0 Å². The third kappa shape index (κ3) is 2.97. The summed E-state index contributed by atoms with van der Waals surface area (Å²) in [4.78, 5) is 24.1. The van der Waals surface area contributed by atoms with Crippen molar-refractivity contribution in [2.24, 2.45) is 0 Å². The first-order chi connectivity index (χ1) is 10.1. The number of fused-ring (bicyclic) bond motifs is 1. The zero-order valence-electron chi connectivity index (χ0n) is 11.4. The minimum absolute atomic E-state index is 0.116. The maximum Gasteiger partial charge on any atom is 0.345 e. The SMILES string of the molecule is O=C(NCc1ccc(C(=O)O)s1)c1ccc2c(c1)CCC2. The fourth-order valence-electron chi connectivity index (χ4n) is 2.57. The molecule has 1 aromatic heterocycles. The Bertz CT molecular complexity index is 705. The predicted octanol–water partition coefficient (Wildman–Crippen LogP) is 2.87. The highest BCUT2D eigenvalue weighted by Gasteiger charge is 2.14. The molecule has 0 saturated heterocycles. The fraction of sp³-hybridized carbons (Fsp3) is 0.250. The summed E-state index contributed by atoms with van der Waals surface area (Å²) >= 11 is 1.18. The number of amides is 1. The molecule has 0 aliphatic heterocycles.